The molecule has 1 atom stereocenters. The van der Waals surface area contributed by atoms with Gasteiger partial charge in [-0.3, -0.25) is 0 Å². The maximum atomic E-state index is 9.50. The third-order valence-electron chi connectivity index (χ3n) is 3.23. The third-order valence-corrected chi connectivity index (χ3v) is 3.97. The summed E-state index contributed by atoms with van der Waals surface area (Å²) < 4.78 is 0. The Morgan fingerprint density at radius 2 is 2.12 bits per heavy atom. The van der Waals surface area contributed by atoms with E-state index in [0.717, 1.165) is 31.5 Å². The van der Waals surface area contributed by atoms with Crippen LogP contribution in [0.15, 0.2) is 18.2 Å². The summed E-state index contributed by atoms with van der Waals surface area (Å²) in [7, 11) is 0. The van der Waals surface area contributed by atoms with Gasteiger partial charge in [0, 0.05) is 12.0 Å². The number of aliphatic hydroxyl groups is 1. The van der Waals surface area contributed by atoms with Gasteiger partial charge < -0.3 is 10.4 Å². The summed E-state index contributed by atoms with van der Waals surface area (Å²) in [4.78, 5) is 0. The van der Waals surface area contributed by atoms with E-state index in [-0.39, 0.29) is 12.0 Å². The van der Waals surface area contributed by atoms with Crippen molar-refractivity contribution in [2.24, 2.45) is 5.41 Å². The fraction of sp³-hybridized carbons (Fsp3) is 0.500. The molecular formula is C12H15Cl2NO. The Morgan fingerprint density at radius 3 is 2.69 bits per heavy atom. The quantitative estimate of drug-likeness (QED) is 0.875. The molecule has 2 N–H and O–H groups in total. The molecule has 1 aromatic rings. The first-order valence-corrected chi connectivity index (χ1v) is 6.16. The predicted molar refractivity (Wildman–Crippen MR) is 67.2 cm³/mol. The van der Waals surface area contributed by atoms with Crippen molar-refractivity contribution in [1.82, 2.24) is 5.32 Å². The second-order valence-electron chi connectivity index (χ2n) is 4.51. The Labute approximate surface area is 106 Å². The molecule has 0 spiro atoms. The van der Waals surface area contributed by atoms with Crippen molar-refractivity contribution < 1.29 is 5.11 Å². The standard InChI is InChI=1S/C12H15Cl2NO/c13-10-2-1-9(5-11(10)14)6-12(8-16)3-4-15-7-12/h1-2,5,15-16H,3-4,6-8H2. The Hall–Kier alpha value is -0.280. The summed E-state index contributed by atoms with van der Waals surface area (Å²) in [6.45, 7) is 2.05. The molecule has 2 rings (SSSR count). The largest absolute Gasteiger partial charge is 0.396 e. The van der Waals surface area contributed by atoms with E-state index >= 15 is 0 Å². The lowest BCUT2D eigenvalue weighted by molar-refractivity contribution is 0.143. The average Bonchev–Trinajstić information content (AvgIpc) is 2.73. The normalized spacial score (nSPS) is 24.9. The van der Waals surface area contributed by atoms with Crippen molar-refractivity contribution in [3.05, 3.63) is 33.8 Å². The summed E-state index contributed by atoms with van der Waals surface area (Å²) in [6.07, 6.45) is 1.84. The minimum atomic E-state index is -0.0306. The second-order valence-corrected chi connectivity index (χ2v) is 5.32. The summed E-state index contributed by atoms with van der Waals surface area (Å²) in [6, 6.07) is 5.68. The summed E-state index contributed by atoms with van der Waals surface area (Å²) in [5.74, 6) is 0. The van der Waals surface area contributed by atoms with Crippen LogP contribution in [-0.2, 0) is 6.42 Å². The molecule has 1 aromatic carbocycles. The highest BCUT2D eigenvalue weighted by molar-refractivity contribution is 6.42. The van der Waals surface area contributed by atoms with Gasteiger partial charge in [0.15, 0.2) is 0 Å². The molecule has 1 unspecified atom stereocenters. The maximum absolute atomic E-state index is 9.50. The van der Waals surface area contributed by atoms with Crippen LogP contribution in [0.4, 0.5) is 0 Å². The first-order valence-electron chi connectivity index (χ1n) is 5.41. The Balaban J connectivity index is 2.16. The molecule has 1 fully saturated rings. The molecule has 1 heterocycles. The van der Waals surface area contributed by atoms with E-state index < -0.39 is 0 Å². The highest BCUT2D eigenvalue weighted by Crippen LogP contribution is 2.31. The fourth-order valence-corrected chi connectivity index (χ4v) is 2.54. The van der Waals surface area contributed by atoms with Crippen LogP contribution >= 0.6 is 23.2 Å². The monoisotopic (exact) mass is 259 g/mol. The molecule has 16 heavy (non-hydrogen) atoms. The van der Waals surface area contributed by atoms with E-state index in [1.54, 1.807) is 0 Å². The molecule has 2 nitrogen and oxygen atoms in total. The Bertz CT molecular complexity index is 375. The molecule has 0 aliphatic carbocycles. The SMILES string of the molecule is OCC1(Cc2ccc(Cl)c(Cl)c2)CCNC1. The van der Waals surface area contributed by atoms with Crippen molar-refractivity contribution in [2.45, 2.75) is 12.8 Å². The van der Waals surface area contributed by atoms with Crippen LogP contribution in [0.2, 0.25) is 10.0 Å². The minimum Gasteiger partial charge on any atom is -0.396 e. The van der Waals surface area contributed by atoms with Gasteiger partial charge in [0.1, 0.15) is 0 Å². The van der Waals surface area contributed by atoms with Crippen LogP contribution in [-0.4, -0.2) is 24.8 Å². The lowest BCUT2D eigenvalue weighted by atomic mass is 9.82. The van der Waals surface area contributed by atoms with Crippen LogP contribution in [0.3, 0.4) is 0 Å². The molecule has 1 aliphatic rings. The van der Waals surface area contributed by atoms with Crippen molar-refractivity contribution in [2.75, 3.05) is 19.7 Å². The van der Waals surface area contributed by atoms with Crippen LogP contribution in [0.5, 0.6) is 0 Å². The summed E-state index contributed by atoms with van der Waals surface area (Å²) in [5, 5.41) is 14.0. The number of hydrogen-bond acceptors (Lipinski definition) is 2. The predicted octanol–water partition coefficient (Wildman–Crippen LogP) is 2.51. The maximum Gasteiger partial charge on any atom is 0.0595 e. The first-order chi connectivity index (χ1) is 7.65. The van der Waals surface area contributed by atoms with E-state index in [9.17, 15) is 5.11 Å². The second kappa shape index (κ2) is 4.92. The minimum absolute atomic E-state index is 0.0306. The van der Waals surface area contributed by atoms with Gasteiger partial charge in [0.05, 0.1) is 16.7 Å². The van der Waals surface area contributed by atoms with E-state index in [1.165, 1.54) is 0 Å². The lowest BCUT2D eigenvalue weighted by Gasteiger charge is -2.25. The lowest BCUT2D eigenvalue weighted by Crippen LogP contribution is -2.30. The highest BCUT2D eigenvalue weighted by atomic mass is 35.5. The van der Waals surface area contributed by atoms with Crippen LogP contribution in [0.1, 0.15) is 12.0 Å². The van der Waals surface area contributed by atoms with Gasteiger partial charge in [0.2, 0.25) is 0 Å². The molecule has 0 bridgehead atoms. The zero-order valence-electron chi connectivity index (χ0n) is 8.97. The smallest absolute Gasteiger partial charge is 0.0595 e. The Morgan fingerprint density at radius 1 is 1.31 bits per heavy atom. The summed E-state index contributed by atoms with van der Waals surface area (Å²) in [5.41, 5.74) is 1.10. The van der Waals surface area contributed by atoms with E-state index in [4.69, 9.17) is 23.2 Å². The number of benzene rings is 1. The fourth-order valence-electron chi connectivity index (χ4n) is 2.22. The zero-order valence-corrected chi connectivity index (χ0v) is 10.5. The molecule has 0 radical (unpaired) electrons. The van der Waals surface area contributed by atoms with Gasteiger partial charge in [-0.15, -0.1) is 0 Å². The number of nitrogens with one attached hydrogen (secondary N) is 1. The summed E-state index contributed by atoms with van der Waals surface area (Å²) >= 11 is 11.8. The highest BCUT2D eigenvalue weighted by Gasteiger charge is 2.33. The zero-order chi connectivity index (χ0) is 11.6. The van der Waals surface area contributed by atoms with E-state index in [2.05, 4.69) is 5.32 Å². The molecule has 1 aliphatic heterocycles. The number of halogens is 2. The molecule has 88 valence electrons. The van der Waals surface area contributed by atoms with Crippen LogP contribution < -0.4 is 5.32 Å². The van der Waals surface area contributed by atoms with Gasteiger partial charge in [-0.05, 0) is 37.1 Å². The third kappa shape index (κ3) is 2.51. The topological polar surface area (TPSA) is 32.3 Å². The average molecular weight is 260 g/mol. The first kappa shape index (κ1) is 12.2. The van der Waals surface area contributed by atoms with Crippen LogP contribution in [0.25, 0.3) is 0 Å². The molecule has 1 saturated heterocycles. The van der Waals surface area contributed by atoms with Crippen molar-refractivity contribution >= 4 is 23.2 Å². The number of hydrogen-bond donors (Lipinski definition) is 2. The number of rotatable bonds is 3. The molecule has 0 aromatic heterocycles. The molecule has 4 heteroatoms. The number of aliphatic hydroxyl groups excluding tert-OH is 1. The van der Waals surface area contributed by atoms with Crippen molar-refractivity contribution in [3.8, 4) is 0 Å². The van der Waals surface area contributed by atoms with Gasteiger partial charge >= 0.3 is 0 Å². The van der Waals surface area contributed by atoms with Gasteiger partial charge in [0.25, 0.3) is 0 Å². The van der Waals surface area contributed by atoms with E-state index in [1.807, 2.05) is 18.2 Å². The molecule has 0 amide bonds. The molecule has 0 saturated carbocycles. The van der Waals surface area contributed by atoms with Gasteiger partial charge in [-0.1, -0.05) is 29.3 Å². The van der Waals surface area contributed by atoms with E-state index in [0.29, 0.717) is 10.0 Å². The van der Waals surface area contributed by atoms with Crippen molar-refractivity contribution in [3.63, 3.8) is 0 Å². The Kier molecular flexibility index (Phi) is 3.75. The van der Waals surface area contributed by atoms with Crippen molar-refractivity contribution in [1.29, 1.82) is 0 Å². The molecular weight excluding hydrogens is 245 g/mol. The van der Waals surface area contributed by atoms with Gasteiger partial charge in [-0.2, -0.15) is 0 Å². The van der Waals surface area contributed by atoms with Crippen LogP contribution in [0, 0.1) is 5.41 Å². The van der Waals surface area contributed by atoms with Gasteiger partial charge in [-0.25, -0.2) is 0 Å².